The summed E-state index contributed by atoms with van der Waals surface area (Å²) in [6, 6.07) is 4.41. The summed E-state index contributed by atoms with van der Waals surface area (Å²) in [6.45, 7) is 0.629. The fraction of sp³-hybridized carbons (Fsp3) is 0.364. The molecule has 0 aliphatic carbocycles. The highest BCUT2D eigenvalue weighted by molar-refractivity contribution is 5.97. The van der Waals surface area contributed by atoms with E-state index in [1.54, 1.807) is 6.07 Å². The number of ether oxygens (including phenoxy) is 2. The number of nitrogens with zero attached hydrogens (tertiary/aromatic N) is 2. The van der Waals surface area contributed by atoms with Crippen LogP contribution < -0.4 is 9.64 Å². The fourth-order valence-corrected chi connectivity index (χ4v) is 1.78. The van der Waals surface area contributed by atoms with Gasteiger partial charge in [-0.15, -0.1) is 0 Å². The predicted octanol–water partition coefficient (Wildman–Crippen LogP) is 0.967. The van der Waals surface area contributed by atoms with E-state index in [2.05, 4.69) is 0 Å². The second-order valence-electron chi connectivity index (χ2n) is 3.71. The van der Waals surface area contributed by atoms with E-state index in [0.29, 0.717) is 18.9 Å². The average molecular weight is 252 g/mol. The van der Waals surface area contributed by atoms with Gasteiger partial charge in [0, 0.05) is 6.54 Å². The molecule has 1 amide bonds. The number of nitro benzene ring substituents is 1. The highest BCUT2D eigenvalue weighted by Gasteiger charge is 2.27. The van der Waals surface area contributed by atoms with Gasteiger partial charge >= 0.3 is 0 Å². The quantitative estimate of drug-likeness (QED) is 0.591. The SMILES string of the molecule is COc1ccc(N2CCOCC2=O)c([N+](=O)[O-])c1. The lowest BCUT2D eigenvalue weighted by atomic mass is 10.2. The number of nitro groups is 1. The Balaban J connectivity index is 2.42. The molecule has 2 rings (SSSR count). The molecule has 1 aliphatic heterocycles. The van der Waals surface area contributed by atoms with Crippen LogP contribution in [0.5, 0.6) is 5.75 Å². The highest BCUT2D eigenvalue weighted by Crippen LogP contribution is 2.32. The van der Waals surface area contributed by atoms with E-state index in [0.717, 1.165) is 0 Å². The summed E-state index contributed by atoms with van der Waals surface area (Å²) in [5.74, 6) is 0.0978. The standard InChI is InChI=1S/C11H12N2O5/c1-17-8-2-3-9(10(6-8)13(15)16)12-4-5-18-7-11(12)14/h2-3,6H,4-5,7H2,1H3. The van der Waals surface area contributed by atoms with Crippen molar-refractivity contribution in [1.82, 2.24) is 0 Å². The molecule has 0 bridgehead atoms. The van der Waals surface area contributed by atoms with Crippen molar-refractivity contribution in [3.8, 4) is 5.75 Å². The normalized spacial score (nSPS) is 15.6. The van der Waals surface area contributed by atoms with Gasteiger partial charge in [0.15, 0.2) is 0 Å². The van der Waals surface area contributed by atoms with Crippen molar-refractivity contribution in [2.45, 2.75) is 0 Å². The van der Waals surface area contributed by atoms with E-state index in [-0.39, 0.29) is 23.9 Å². The molecular formula is C11H12N2O5. The molecule has 0 saturated carbocycles. The summed E-state index contributed by atoms with van der Waals surface area (Å²) < 4.78 is 9.93. The first-order valence-electron chi connectivity index (χ1n) is 5.34. The Labute approximate surface area is 103 Å². The van der Waals surface area contributed by atoms with Gasteiger partial charge in [0.1, 0.15) is 18.0 Å². The number of anilines is 1. The van der Waals surface area contributed by atoms with Gasteiger partial charge in [-0.1, -0.05) is 0 Å². The van der Waals surface area contributed by atoms with Gasteiger partial charge in [0.05, 0.1) is 24.7 Å². The maximum Gasteiger partial charge on any atom is 0.296 e. The first-order chi connectivity index (χ1) is 8.63. The molecule has 0 aromatic heterocycles. The van der Waals surface area contributed by atoms with E-state index in [1.807, 2.05) is 0 Å². The van der Waals surface area contributed by atoms with Crippen LogP contribution in [0.4, 0.5) is 11.4 Å². The zero-order valence-corrected chi connectivity index (χ0v) is 9.79. The molecule has 7 heteroatoms. The molecule has 0 atom stereocenters. The number of carbonyl (C=O) groups excluding carboxylic acids is 1. The maximum atomic E-state index is 11.7. The first kappa shape index (κ1) is 12.3. The van der Waals surface area contributed by atoms with Crippen molar-refractivity contribution in [3.63, 3.8) is 0 Å². The number of carbonyl (C=O) groups is 1. The van der Waals surface area contributed by atoms with Gasteiger partial charge in [-0.2, -0.15) is 0 Å². The zero-order valence-electron chi connectivity index (χ0n) is 9.79. The van der Waals surface area contributed by atoms with Gasteiger partial charge in [-0.25, -0.2) is 0 Å². The van der Waals surface area contributed by atoms with E-state index < -0.39 is 4.92 Å². The van der Waals surface area contributed by atoms with E-state index in [4.69, 9.17) is 9.47 Å². The van der Waals surface area contributed by atoms with Crippen molar-refractivity contribution in [1.29, 1.82) is 0 Å². The molecule has 1 heterocycles. The minimum Gasteiger partial charge on any atom is -0.496 e. The van der Waals surface area contributed by atoms with Crippen LogP contribution in [0.3, 0.4) is 0 Å². The Morgan fingerprint density at radius 1 is 1.50 bits per heavy atom. The number of hydrogen-bond donors (Lipinski definition) is 0. The second kappa shape index (κ2) is 5.01. The molecule has 96 valence electrons. The predicted molar refractivity (Wildman–Crippen MR) is 62.8 cm³/mol. The third-order valence-corrected chi connectivity index (χ3v) is 2.66. The molecule has 1 saturated heterocycles. The molecule has 0 spiro atoms. The molecule has 1 aliphatic rings. The largest absolute Gasteiger partial charge is 0.496 e. The lowest BCUT2D eigenvalue weighted by Gasteiger charge is -2.26. The number of amides is 1. The summed E-state index contributed by atoms with van der Waals surface area (Å²) in [5.41, 5.74) is 0.124. The Morgan fingerprint density at radius 2 is 2.28 bits per heavy atom. The van der Waals surface area contributed by atoms with Crippen molar-refractivity contribution in [2.24, 2.45) is 0 Å². The Bertz CT molecular complexity index is 488. The molecule has 0 N–H and O–H groups in total. The number of benzene rings is 1. The minimum absolute atomic E-state index is 0.0524. The van der Waals surface area contributed by atoms with Gasteiger partial charge in [-0.3, -0.25) is 14.9 Å². The van der Waals surface area contributed by atoms with Crippen LogP contribution in [-0.4, -0.2) is 37.7 Å². The zero-order chi connectivity index (χ0) is 13.1. The molecular weight excluding hydrogens is 240 g/mol. The monoisotopic (exact) mass is 252 g/mol. The summed E-state index contributed by atoms with van der Waals surface area (Å²) in [7, 11) is 1.43. The fourth-order valence-electron chi connectivity index (χ4n) is 1.78. The smallest absolute Gasteiger partial charge is 0.296 e. The average Bonchev–Trinajstić information content (AvgIpc) is 2.38. The van der Waals surface area contributed by atoms with Crippen molar-refractivity contribution < 1.29 is 19.2 Å². The van der Waals surface area contributed by atoms with Crippen molar-refractivity contribution in [3.05, 3.63) is 28.3 Å². The third kappa shape index (κ3) is 2.25. The summed E-state index contributed by atoms with van der Waals surface area (Å²) >= 11 is 0. The molecule has 1 aromatic rings. The van der Waals surface area contributed by atoms with Crippen LogP contribution >= 0.6 is 0 Å². The summed E-state index contributed by atoms with van der Waals surface area (Å²) in [4.78, 5) is 23.5. The van der Waals surface area contributed by atoms with Crippen LogP contribution in [0.1, 0.15) is 0 Å². The van der Waals surface area contributed by atoms with Gasteiger partial charge in [0.2, 0.25) is 0 Å². The van der Waals surface area contributed by atoms with Crippen LogP contribution in [0.15, 0.2) is 18.2 Å². The van der Waals surface area contributed by atoms with Gasteiger partial charge in [-0.05, 0) is 12.1 Å². The summed E-state index contributed by atoms with van der Waals surface area (Å²) in [5, 5.41) is 11.0. The van der Waals surface area contributed by atoms with Crippen LogP contribution in [0, 0.1) is 10.1 Å². The molecule has 18 heavy (non-hydrogen) atoms. The van der Waals surface area contributed by atoms with Gasteiger partial charge < -0.3 is 14.4 Å². The second-order valence-corrected chi connectivity index (χ2v) is 3.71. The van der Waals surface area contributed by atoms with Gasteiger partial charge in [0.25, 0.3) is 11.6 Å². The Kier molecular flexibility index (Phi) is 3.42. The minimum atomic E-state index is -0.527. The van der Waals surface area contributed by atoms with Crippen molar-refractivity contribution >= 4 is 17.3 Å². The molecule has 0 unspecified atom stereocenters. The molecule has 0 radical (unpaired) electrons. The van der Waals surface area contributed by atoms with Crippen LogP contribution in [0.25, 0.3) is 0 Å². The summed E-state index contributed by atoms with van der Waals surface area (Å²) in [6.07, 6.45) is 0. The van der Waals surface area contributed by atoms with E-state index in [1.165, 1.54) is 24.1 Å². The Morgan fingerprint density at radius 3 is 2.89 bits per heavy atom. The topological polar surface area (TPSA) is 81.9 Å². The maximum absolute atomic E-state index is 11.7. The molecule has 7 nitrogen and oxygen atoms in total. The van der Waals surface area contributed by atoms with E-state index >= 15 is 0 Å². The first-order valence-corrected chi connectivity index (χ1v) is 5.34. The highest BCUT2D eigenvalue weighted by atomic mass is 16.6. The van der Waals surface area contributed by atoms with Crippen LogP contribution in [-0.2, 0) is 9.53 Å². The molecule has 1 aromatic carbocycles. The van der Waals surface area contributed by atoms with Crippen molar-refractivity contribution in [2.75, 3.05) is 31.8 Å². The number of hydrogen-bond acceptors (Lipinski definition) is 5. The number of rotatable bonds is 3. The lowest BCUT2D eigenvalue weighted by Crippen LogP contribution is -2.41. The van der Waals surface area contributed by atoms with Crippen LogP contribution in [0.2, 0.25) is 0 Å². The molecule has 1 fully saturated rings. The van der Waals surface area contributed by atoms with E-state index in [9.17, 15) is 14.9 Å². The number of morpholine rings is 1. The third-order valence-electron chi connectivity index (χ3n) is 2.66. The lowest BCUT2D eigenvalue weighted by molar-refractivity contribution is -0.384. The Hall–Kier alpha value is -2.15. The number of methoxy groups -OCH3 is 1.